The molecule has 132 valence electrons. The van der Waals surface area contributed by atoms with Crippen molar-refractivity contribution in [1.82, 2.24) is 14.3 Å². The maximum Gasteiger partial charge on any atom is 0.322 e. The van der Waals surface area contributed by atoms with E-state index < -0.39 is 0 Å². The second-order valence-corrected chi connectivity index (χ2v) is 6.78. The van der Waals surface area contributed by atoms with Crippen molar-refractivity contribution in [3.63, 3.8) is 0 Å². The Morgan fingerprint density at radius 2 is 2.12 bits per heavy atom. The highest BCUT2D eigenvalue weighted by Crippen LogP contribution is 2.19. The third-order valence-corrected chi connectivity index (χ3v) is 4.79. The molecule has 1 aliphatic heterocycles. The number of rotatable bonds is 1. The third kappa shape index (κ3) is 2.93. The molecular formula is C19H17ClN4O2. The van der Waals surface area contributed by atoms with E-state index in [1.54, 1.807) is 39.8 Å². The van der Waals surface area contributed by atoms with Crippen LogP contribution in [-0.2, 0) is 13.0 Å². The summed E-state index contributed by atoms with van der Waals surface area (Å²) in [5, 5.41) is 3.37. The first-order valence-electron chi connectivity index (χ1n) is 8.34. The first-order chi connectivity index (χ1) is 12.5. The number of carbonyl (C=O) groups is 1. The van der Waals surface area contributed by atoms with E-state index >= 15 is 0 Å². The van der Waals surface area contributed by atoms with Gasteiger partial charge >= 0.3 is 6.03 Å². The molecule has 1 aliphatic rings. The van der Waals surface area contributed by atoms with Gasteiger partial charge in [0.1, 0.15) is 5.65 Å². The number of anilines is 1. The minimum absolute atomic E-state index is 0.117. The molecule has 6 nitrogen and oxygen atoms in total. The Morgan fingerprint density at radius 1 is 1.27 bits per heavy atom. The molecule has 0 saturated heterocycles. The van der Waals surface area contributed by atoms with Crippen molar-refractivity contribution in [2.75, 3.05) is 11.9 Å². The molecule has 3 heterocycles. The molecule has 0 aliphatic carbocycles. The lowest BCUT2D eigenvalue weighted by molar-refractivity contribution is 0.205. The van der Waals surface area contributed by atoms with Crippen molar-refractivity contribution in [2.24, 2.45) is 0 Å². The number of benzene rings is 1. The zero-order chi connectivity index (χ0) is 18.3. The first kappa shape index (κ1) is 16.6. The maximum atomic E-state index is 12.8. The summed E-state index contributed by atoms with van der Waals surface area (Å²) in [6.07, 6.45) is 2.27. The molecule has 0 radical (unpaired) electrons. The van der Waals surface area contributed by atoms with E-state index in [4.69, 9.17) is 11.6 Å². The van der Waals surface area contributed by atoms with Gasteiger partial charge in [-0.05, 0) is 36.8 Å². The lowest BCUT2D eigenvalue weighted by atomic mass is 10.1. The monoisotopic (exact) mass is 368 g/mol. The Kier molecular flexibility index (Phi) is 4.12. The summed E-state index contributed by atoms with van der Waals surface area (Å²) in [5.74, 6) is 0. The van der Waals surface area contributed by atoms with Crippen molar-refractivity contribution < 1.29 is 4.79 Å². The summed E-state index contributed by atoms with van der Waals surface area (Å²) in [7, 11) is 0. The van der Waals surface area contributed by atoms with E-state index in [1.807, 2.05) is 19.1 Å². The van der Waals surface area contributed by atoms with Crippen LogP contribution in [0.2, 0.25) is 5.02 Å². The Bertz CT molecular complexity index is 1080. The van der Waals surface area contributed by atoms with Crippen LogP contribution in [0.25, 0.3) is 5.65 Å². The summed E-state index contributed by atoms with van der Waals surface area (Å²) >= 11 is 5.95. The zero-order valence-electron chi connectivity index (χ0n) is 14.2. The fourth-order valence-electron chi connectivity index (χ4n) is 3.20. The summed E-state index contributed by atoms with van der Waals surface area (Å²) < 4.78 is 1.55. The van der Waals surface area contributed by atoms with Gasteiger partial charge in [-0.1, -0.05) is 23.7 Å². The number of hydrogen-bond donors (Lipinski definition) is 1. The van der Waals surface area contributed by atoms with Gasteiger partial charge in [0.05, 0.1) is 17.8 Å². The van der Waals surface area contributed by atoms with Crippen LogP contribution in [0.5, 0.6) is 0 Å². The van der Waals surface area contributed by atoms with E-state index in [9.17, 15) is 9.59 Å². The van der Waals surface area contributed by atoms with E-state index in [0.29, 0.717) is 34.9 Å². The third-order valence-electron chi connectivity index (χ3n) is 4.56. The van der Waals surface area contributed by atoms with Crippen molar-refractivity contribution in [2.45, 2.75) is 19.9 Å². The van der Waals surface area contributed by atoms with Crippen LogP contribution in [-0.4, -0.2) is 26.9 Å². The molecule has 0 bridgehead atoms. The summed E-state index contributed by atoms with van der Waals surface area (Å²) in [6, 6.07) is 10.5. The van der Waals surface area contributed by atoms with Gasteiger partial charge < -0.3 is 10.2 Å². The highest BCUT2D eigenvalue weighted by Gasteiger charge is 2.25. The number of nitrogens with zero attached hydrogens (tertiary/aromatic N) is 3. The zero-order valence-corrected chi connectivity index (χ0v) is 15.0. The van der Waals surface area contributed by atoms with Gasteiger partial charge in [0.25, 0.3) is 5.56 Å². The number of nitrogens with one attached hydrogen (secondary N) is 1. The molecule has 3 aromatic rings. The smallest absolute Gasteiger partial charge is 0.320 e. The minimum Gasteiger partial charge on any atom is -0.320 e. The molecule has 1 N–H and O–H groups in total. The number of fused-ring (bicyclic) bond motifs is 2. The predicted molar refractivity (Wildman–Crippen MR) is 101 cm³/mol. The molecule has 1 aromatic carbocycles. The number of halogens is 1. The fourth-order valence-corrected chi connectivity index (χ4v) is 3.39. The van der Waals surface area contributed by atoms with Crippen LogP contribution in [0.3, 0.4) is 0 Å². The number of pyridine rings is 1. The second-order valence-electron chi connectivity index (χ2n) is 6.34. The number of aryl methyl sites for hydroxylation is 1. The van der Waals surface area contributed by atoms with E-state index in [1.165, 1.54) is 0 Å². The Balaban J connectivity index is 1.63. The number of amides is 2. The second kappa shape index (κ2) is 6.46. The number of hydrogen-bond acceptors (Lipinski definition) is 3. The van der Waals surface area contributed by atoms with Crippen molar-refractivity contribution >= 4 is 29.0 Å². The standard InChI is InChI=1S/C19H17ClN4O2/c1-12-4-3-8-24-17(12)22-16-7-9-23(11-15(16)18(24)25)19(26)21-14-6-2-5-13(20)10-14/h2-6,8,10H,7,9,11H2,1H3,(H,21,26). The maximum absolute atomic E-state index is 12.8. The molecule has 0 saturated carbocycles. The molecule has 4 rings (SSSR count). The minimum atomic E-state index is -0.258. The van der Waals surface area contributed by atoms with Crippen LogP contribution in [0.15, 0.2) is 47.4 Å². The van der Waals surface area contributed by atoms with Gasteiger partial charge in [0.2, 0.25) is 0 Å². The number of aromatic nitrogens is 2. The average Bonchev–Trinajstić information content (AvgIpc) is 2.63. The van der Waals surface area contributed by atoms with Crippen LogP contribution >= 0.6 is 11.6 Å². The van der Waals surface area contributed by atoms with Crippen molar-refractivity contribution in [3.05, 3.63) is 74.8 Å². The summed E-state index contributed by atoms with van der Waals surface area (Å²) in [4.78, 5) is 31.7. The molecule has 0 spiro atoms. The van der Waals surface area contributed by atoms with E-state index in [0.717, 1.165) is 11.3 Å². The van der Waals surface area contributed by atoms with E-state index in [-0.39, 0.29) is 18.1 Å². The van der Waals surface area contributed by atoms with Crippen molar-refractivity contribution in [3.8, 4) is 0 Å². The van der Waals surface area contributed by atoms with Gasteiger partial charge in [0.15, 0.2) is 0 Å². The number of carbonyl (C=O) groups excluding carboxylic acids is 1. The lowest BCUT2D eigenvalue weighted by Crippen LogP contribution is -2.42. The van der Waals surface area contributed by atoms with Gasteiger partial charge in [-0.3, -0.25) is 9.20 Å². The van der Waals surface area contributed by atoms with Gasteiger partial charge in [0, 0.05) is 29.9 Å². The lowest BCUT2D eigenvalue weighted by Gasteiger charge is -2.28. The molecule has 2 aromatic heterocycles. The molecule has 0 fully saturated rings. The Hall–Kier alpha value is -2.86. The SMILES string of the molecule is Cc1cccn2c(=O)c3c(nc12)CCN(C(=O)Nc1cccc(Cl)c1)C3. The van der Waals surface area contributed by atoms with Crippen LogP contribution in [0, 0.1) is 6.92 Å². The normalized spacial score (nSPS) is 13.5. The van der Waals surface area contributed by atoms with Gasteiger partial charge in [-0.2, -0.15) is 0 Å². The molecular weight excluding hydrogens is 352 g/mol. The predicted octanol–water partition coefficient (Wildman–Crippen LogP) is 3.25. The van der Waals surface area contributed by atoms with Crippen molar-refractivity contribution in [1.29, 1.82) is 0 Å². The largest absolute Gasteiger partial charge is 0.322 e. The average molecular weight is 369 g/mol. The molecule has 2 amide bonds. The summed E-state index contributed by atoms with van der Waals surface area (Å²) in [5.41, 5.74) is 3.48. The molecule has 0 atom stereocenters. The molecule has 7 heteroatoms. The quantitative estimate of drug-likeness (QED) is 0.717. The first-order valence-corrected chi connectivity index (χ1v) is 8.72. The fraction of sp³-hybridized carbons (Fsp3) is 0.211. The topological polar surface area (TPSA) is 66.7 Å². The van der Waals surface area contributed by atoms with Crippen LogP contribution < -0.4 is 10.9 Å². The Morgan fingerprint density at radius 3 is 2.92 bits per heavy atom. The number of urea groups is 1. The van der Waals surface area contributed by atoms with Crippen LogP contribution in [0.4, 0.5) is 10.5 Å². The van der Waals surface area contributed by atoms with E-state index in [2.05, 4.69) is 10.3 Å². The van der Waals surface area contributed by atoms with Gasteiger partial charge in [-0.15, -0.1) is 0 Å². The molecule has 0 unspecified atom stereocenters. The highest BCUT2D eigenvalue weighted by molar-refractivity contribution is 6.30. The molecule has 26 heavy (non-hydrogen) atoms. The van der Waals surface area contributed by atoms with Gasteiger partial charge in [-0.25, -0.2) is 9.78 Å². The summed E-state index contributed by atoms with van der Waals surface area (Å²) in [6.45, 7) is 2.68. The highest BCUT2D eigenvalue weighted by atomic mass is 35.5. The van der Waals surface area contributed by atoms with Crippen LogP contribution in [0.1, 0.15) is 16.8 Å². The Labute approximate surface area is 155 Å².